The lowest BCUT2D eigenvalue weighted by Crippen LogP contribution is -2.54. The Balaban J connectivity index is 2.27. The summed E-state index contributed by atoms with van der Waals surface area (Å²) in [5.41, 5.74) is 5.74. The smallest absolute Gasteiger partial charge is 0.156 e. The summed E-state index contributed by atoms with van der Waals surface area (Å²) in [6.45, 7) is 8.14. The van der Waals surface area contributed by atoms with E-state index in [0.29, 0.717) is 5.84 Å². The maximum absolute atomic E-state index is 8.80. The minimum absolute atomic E-state index is 0.0700. The molecule has 112 valence electrons. The number of unbranched alkanes of at least 4 members (excludes halogenated alkanes) is 1. The summed E-state index contributed by atoms with van der Waals surface area (Å²) in [4.78, 5) is 4.78. The van der Waals surface area contributed by atoms with E-state index in [1.54, 1.807) is 7.11 Å². The molecule has 0 aromatic heterocycles. The van der Waals surface area contributed by atoms with Gasteiger partial charge in [0, 0.05) is 39.9 Å². The van der Waals surface area contributed by atoms with Crippen LogP contribution in [-0.2, 0) is 4.74 Å². The first-order valence-electron chi connectivity index (χ1n) is 7.15. The van der Waals surface area contributed by atoms with E-state index in [-0.39, 0.29) is 6.04 Å². The lowest BCUT2D eigenvalue weighted by Gasteiger charge is -2.38. The SMILES string of the molecule is CCC(C(N)=NO)N1CCN(CCCCOC)CC1. The Morgan fingerprint density at radius 1 is 1.32 bits per heavy atom. The van der Waals surface area contributed by atoms with Crippen LogP contribution in [0, 0.1) is 0 Å². The maximum Gasteiger partial charge on any atom is 0.156 e. The predicted octanol–water partition coefficient (Wildman–Crippen LogP) is 0.556. The predicted molar refractivity (Wildman–Crippen MR) is 76.6 cm³/mol. The fraction of sp³-hybridized carbons (Fsp3) is 0.923. The van der Waals surface area contributed by atoms with Gasteiger partial charge in [0.15, 0.2) is 5.84 Å². The van der Waals surface area contributed by atoms with Crippen LogP contribution in [0.4, 0.5) is 0 Å². The van der Waals surface area contributed by atoms with Crippen molar-refractivity contribution in [2.24, 2.45) is 10.9 Å². The Labute approximate surface area is 116 Å². The van der Waals surface area contributed by atoms with Crippen molar-refractivity contribution in [3.63, 3.8) is 0 Å². The van der Waals surface area contributed by atoms with Crippen LogP contribution in [0.15, 0.2) is 5.16 Å². The molecule has 0 aromatic carbocycles. The van der Waals surface area contributed by atoms with E-state index in [9.17, 15) is 0 Å². The molecule has 0 aliphatic carbocycles. The van der Waals surface area contributed by atoms with Crippen molar-refractivity contribution in [2.75, 3.05) is 46.4 Å². The van der Waals surface area contributed by atoms with Gasteiger partial charge in [0.25, 0.3) is 0 Å². The van der Waals surface area contributed by atoms with Crippen LogP contribution in [0.1, 0.15) is 26.2 Å². The molecular weight excluding hydrogens is 244 g/mol. The van der Waals surface area contributed by atoms with E-state index in [4.69, 9.17) is 15.7 Å². The standard InChI is InChI=1S/C13H28N4O2/c1-3-12(13(14)15-18)17-9-7-16(8-10-17)6-4-5-11-19-2/h12,18H,3-11H2,1-2H3,(H2,14,15). The molecular formula is C13H28N4O2. The number of methoxy groups -OCH3 is 1. The molecule has 0 saturated carbocycles. The van der Waals surface area contributed by atoms with Crippen molar-refractivity contribution >= 4 is 5.84 Å². The number of ether oxygens (including phenoxy) is 1. The van der Waals surface area contributed by atoms with Gasteiger partial charge in [-0.05, 0) is 25.8 Å². The summed E-state index contributed by atoms with van der Waals surface area (Å²) in [6, 6.07) is 0.0700. The highest BCUT2D eigenvalue weighted by Gasteiger charge is 2.25. The Bertz CT molecular complexity index is 265. The molecule has 1 heterocycles. The second-order valence-electron chi connectivity index (χ2n) is 5.03. The first-order chi connectivity index (χ1) is 9.22. The van der Waals surface area contributed by atoms with Crippen LogP contribution >= 0.6 is 0 Å². The van der Waals surface area contributed by atoms with E-state index in [2.05, 4.69) is 21.9 Å². The van der Waals surface area contributed by atoms with Gasteiger partial charge in [-0.2, -0.15) is 0 Å². The number of amidine groups is 1. The maximum atomic E-state index is 8.80. The fourth-order valence-corrected chi connectivity index (χ4v) is 2.60. The zero-order chi connectivity index (χ0) is 14.1. The Morgan fingerprint density at radius 2 is 2.00 bits per heavy atom. The molecule has 1 aliphatic heterocycles. The number of hydrogen-bond donors (Lipinski definition) is 2. The largest absolute Gasteiger partial charge is 0.409 e. The average molecular weight is 272 g/mol. The van der Waals surface area contributed by atoms with Crippen LogP contribution in [0.3, 0.4) is 0 Å². The van der Waals surface area contributed by atoms with Gasteiger partial charge in [0.05, 0.1) is 6.04 Å². The molecule has 1 atom stereocenters. The van der Waals surface area contributed by atoms with Gasteiger partial charge in [0.2, 0.25) is 0 Å². The van der Waals surface area contributed by atoms with Crippen molar-refractivity contribution in [2.45, 2.75) is 32.2 Å². The van der Waals surface area contributed by atoms with Gasteiger partial charge in [-0.1, -0.05) is 12.1 Å². The molecule has 1 fully saturated rings. The summed E-state index contributed by atoms with van der Waals surface area (Å²) >= 11 is 0. The minimum Gasteiger partial charge on any atom is -0.409 e. The number of hydrogen-bond acceptors (Lipinski definition) is 5. The molecule has 0 aromatic rings. The van der Waals surface area contributed by atoms with Crippen LogP contribution in [0.5, 0.6) is 0 Å². The highest BCUT2D eigenvalue weighted by molar-refractivity contribution is 5.85. The monoisotopic (exact) mass is 272 g/mol. The quantitative estimate of drug-likeness (QED) is 0.222. The molecule has 1 saturated heterocycles. The van der Waals surface area contributed by atoms with Gasteiger partial charge in [0.1, 0.15) is 0 Å². The van der Waals surface area contributed by atoms with Gasteiger partial charge >= 0.3 is 0 Å². The Kier molecular flexibility index (Phi) is 7.78. The molecule has 0 bridgehead atoms. The van der Waals surface area contributed by atoms with E-state index in [1.165, 1.54) is 6.42 Å². The molecule has 6 nitrogen and oxygen atoms in total. The molecule has 19 heavy (non-hydrogen) atoms. The highest BCUT2D eigenvalue weighted by atomic mass is 16.5. The number of nitrogens with two attached hydrogens (primary N) is 1. The Hall–Kier alpha value is -0.850. The molecule has 0 radical (unpaired) electrons. The van der Waals surface area contributed by atoms with Crippen molar-refractivity contribution in [1.29, 1.82) is 0 Å². The molecule has 3 N–H and O–H groups in total. The van der Waals surface area contributed by atoms with Crippen LogP contribution in [0.2, 0.25) is 0 Å². The first kappa shape index (κ1) is 16.2. The molecule has 1 aliphatic rings. The number of rotatable bonds is 8. The third-order valence-corrected chi connectivity index (χ3v) is 3.76. The van der Waals surface area contributed by atoms with Crippen LogP contribution in [0.25, 0.3) is 0 Å². The van der Waals surface area contributed by atoms with E-state index in [1.807, 2.05) is 0 Å². The van der Waals surface area contributed by atoms with E-state index in [0.717, 1.165) is 52.2 Å². The summed E-state index contributed by atoms with van der Waals surface area (Å²) in [5, 5.41) is 11.9. The zero-order valence-corrected chi connectivity index (χ0v) is 12.2. The molecule has 0 spiro atoms. The van der Waals surface area contributed by atoms with Crippen molar-refractivity contribution in [1.82, 2.24) is 9.80 Å². The molecule has 1 rings (SSSR count). The molecule has 0 amide bonds. The Morgan fingerprint density at radius 3 is 2.53 bits per heavy atom. The van der Waals surface area contributed by atoms with Gasteiger partial charge in [-0.15, -0.1) is 0 Å². The minimum atomic E-state index is 0.0700. The van der Waals surface area contributed by atoms with Crippen LogP contribution < -0.4 is 5.73 Å². The average Bonchev–Trinajstić information content (AvgIpc) is 2.45. The topological polar surface area (TPSA) is 74.3 Å². The van der Waals surface area contributed by atoms with Gasteiger partial charge in [-0.25, -0.2) is 0 Å². The number of oxime groups is 1. The lowest BCUT2D eigenvalue weighted by molar-refractivity contribution is 0.110. The highest BCUT2D eigenvalue weighted by Crippen LogP contribution is 2.10. The second kappa shape index (κ2) is 9.12. The van der Waals surface area contributed by atoms with E-state index >= 15 is 0 Å². The van der Waals surface area contributed by atoms with Crippen LogP contribution in [-0.4, -0.2) is 73.3 Å². The normalized spacial score (nSPS) is 20.6. The molecule has 6 heteroatoms. The molecule has 1 unspecified atom stereocenters. The summed E-state index contributed by atoms with van der Waals surface area (Å²) in [7, 11) is 1.75. The summed E-state index contributed by atoms with van der Waals surface area (Å²) in [5.74, 6) is 0.330. The van der Waals surface area contributed by atoms with Gasteiger partial charge in [-0.3, -0.25) is 4.90 Å². The van der Waals surface area contributed by atoms with Crippen molar-refractivity contribution < 1.29 is 9.94 Å². The van der Waals surface area contributed by atoms with E-state index < -0.39 is 0 Å². The second-order valence-corrected chi connectivity index (χ2v) is 5.03. The fourth-order valence-electron chi connectivity index (χ4n) is 2.60. The van der Waals surface area contributed by atoms with Gasteiger partial charge < -0.3 is 20.6 Å². The zero-order valence-electron chi connectivity index (χ0n) is 12.2. The van der Waals surface area contributed by atoms with Crippen molar-refractivity contribution in [3.05, 3.63) is 0 Å². The summed E-state index contributed by atoms with van der Waals surface area (Å²) < 4.78 is 5.06. The third-order valence-electron chi connectivity index (χ3n) is 3.76. The first-order valence-corrected chi connectivity index (χ1v) is 7.15. The van der Waals surface area contributed by atoms with Crippen molar-refractivity contribution in [3.8, 4) is 0 Å². The summed E-state index contributed by atoms with van der Waals surface area (Å²) in [6.07, 6.45) is 3.19. The third kappa shape index (κ3) is 5.34. The number of nitrogens with zero attached hydrogens (tertiary/aromatic N) is 3. The number of piperazine rings is 1. The lowest BCUT2D eigenvalue weighted by atomic mass is 10.1.